The minimum atomic E-state index is -0.0585. The number of ketones is 1. The first kappa shape index (κ1) is 13.4. The van der Waals surface area contributed by atoms with Gasteiger partial charge in [0.15, 0.2) is 17.3 Å². The zero-order valence-corrected chi connectivity index (χ0v) is 11.7. The predicted molar refractivity (Wildman–Crippen MR) is 77.0 cm³/mol. The summed E-state index contributed by atoms with van der Waals surface area (Å²) in [5, 5.41) is 0. The van der Waals surface area contributed by atoms with E-state index in [4.69, 9.17) is 9.47 Å². The maximum atomic E-state index is 12.3. The van der Waals surface area contributed by atoms with Gasteiger partial charge in [0.05, 0.1) is 0 Å². The van der Waals surface area contributed by atoms with E-state index in [0.29, 0.717) is 23.6 Å². The number of rotatable bonds is 4. The second kappa shape index (κ2) is 5.44. The van der Waals surface area contributed by atoms with Gasteiger partial charge in [0, 0.05) is 30.8 Å². The van der Waals surface area contributed by atoms with E-state index in [9.17, 15) is 9.59 Å². The molecule has 5 heteroatoms. The number of aromatic nitrogens is 1. The number of hydrogen-bond donors (Lipinski definition) is 0. The van der Waals surface area contributed by atoms with Gasteiger partial charge in [-0.1, -0.05) is 6.07 Å². The highest BCUT2D eigenvalue weighted by Gasteiger charge is 2.16. The molecule has 1 aliphatic heterocycles. The van der Waals surface area contributed by atoms with E-state index in [0.717, 1.165) is 5.56 Å². The van der Waals surface area contributed by atoms with Gasteiger partial charge in [-0.25, -0.2) is 0 Å². The lowest BCUT2D eigenvalue weighted by Gasteiger charge is -2.06. The zero-order chi connectivity index (χ0) is 14.8. The van der Waals surface area contributed by atoms with Crippen LogP contribution in [0.25, 0.3) is 0 Å². The van der Waals surface area contributed by atoms with Gasteiger partial charge < -0.3 is 14.0 Å². The number of ether oxygens (including phenoxy) is 2. The lowest BCUT2D eigenvalue weighted by Crippen LogP contribution is -2.18. The van der Waals surface area contributed by atoms with Crippen molar-refractivity contribution in [2.24, 2.45) is 0 Å². The number of pyridine rings is 1. The fraction of sp³-hybridized carbons (Fsp3) is 0.250. The van der Waals surface area contributed by atoms with Gasteiger partial charge in [0.2, 0.25) is 6.79 Å². The number of nitrogens with zero attached hydrogens (tertiary/aromatic N) is 1. The molecule has 0 radical (unpaired) electrons. The molecule has 1 aromatic carbocycles. The van der Waals surface area contributed by atoms with Gasteiger partial charge in [-0.3, -0.25) is 9.59 Å². The summed E-state index contributed by atoms with van der Waals surface area (Å²) < 4.78 is 12.1. The van der Waals surface area contributed by atoms with Gasteiger partial charge in [-0.05, 0) is 30.7 Å². The van der Waals surface area contributed by atoms with Crippen LogP contribution < -0.4 is 15.0 Å². The molecule has 0 unspecified atom stereocenters. The quantitative estimate of drug-likeness (QED) is 0.806. The summed E-state index contributed by atoms with van der Waals surface area (Å²) in [6.45, 7) is 2.67. The highest BCUT2D eigenvalue weighted by atomic mass is 16.7. The summed E-state index contributed by atoms with van der Waals surface area (Å²) in [6, 6.07) is 8.35. The standard InChI is InChI=1S/C16H15NO4/c1-2-17-9-11(3-6-16(17)19)7-13(18)12-4-5-14-15(8-12)21-10-20-14/h3-6,8-9H,2,7,10H2,1H3. The number of fused-ring (bicyclic) bond motifs is 1. The molecule has 0 amide bonds. The zero-order valence-electron chi connectivity index (χ0n) is 11.7. The molecule has 2 aromatic rings. The van der Waals surface area contributed by atoms with E-state index in [1.54, 1.807) is 35.0 Å². The summed E-state index contributed by atoms with van der Waals surface area (Å²) in [4.78, 5) is 23.8. The van der Waals surface area contributed by atoms with Crippen molar-refractivity contribution in [3.63, 3.8) is 0 Å². The Morgan fingerprint density at radius 1 is 1.19 bits per heavy atom. The second-order valence-electron chi connectivity index (χ2n) is 4.83. The first-order valence-corrected chi connectivity index (χ1v) is 6.79. The second-order valence-corrected chi connectivity index (χ2v) is 4.83. The fourth-order valence-corrected chi connectivity index (χ4v) is 2.29. The molecule has 1 aliphatic rings. The van der Waals surface area contributed by atoms with E-state index in [1.807, 2.05) is 6.92 Å². The maximum absolute atomic E-state index is 12.3. The Morgan fingerprint density at radius 3 is 2.81 bits per heavy atom. The predicted octanol–water partition coefficient (Wildman–Crippen LogP) is 2.02. The number of hydrogen-bond acceptors (Lipinski definition) is 4. The van der Waals surface area contributed by atoms with E-state index >= 15 is 0 Å². The molecule has 0 N–H and O–H groups in total. The molecule has 3 rings (SSSR count). The molecule has 5 nitrogen and oxygen atoms in total. The summed E-state index contributed by atoms with van der Waals surface area (Å²) in [6.07, 6.45) is 1.98. The molecule has 0 saturated heterocycles. The van der Waals surface area contributed by atoms with Crippen molar-refractivity contribution >= 4 is 5.78 Å². The fourth-order valence-electron chi connectivity index (χ4n) is 2.29. The van der Waals surface area contributed by atoms with Crippen LogP contribution >= 0.6 is 0 Å². The molecule has 0 bridgehead atoms. The van der Waals surface area contributed by atoms with E-state index in [-0.39, 0.29) is 24.6 Å². The molecule has 2 heterocycles. The molecule has 0 aliphatic carbocycles. The Balaban J connectivity index is 1.81. The van der Waals surface area contributed by atoms with Crippen molar-refractivity contribution in [2.75, 3.05) is 6.79 Å². The topological polar surface area (TPSA) is 57.5 Å². The Morgan fingerprint density at radius 2 is 2.00 bits per heavy atom. The van der Waals surface area contributed by atoms with Crippen LogP contribution in [0, 0.1) is 0 Å². The van der Waals surface area contributed by atoms with Crippen LogP contribution in [-0.4, -0.2) is 17.1 Å². The minimum Gasteiger partial charge on any atom is -0.454 e. The Labute approximate surface area is 121 Å². The third-order valence-electron chi connectivity index (χ3n) is 3.44. The number of benzene rings is 1. The van der Waals surface area contributed by atoms with Gasteiger partial charge in [0.1, 0.15) is 0 Å². The molecule has 0 fully saturated rings. The number of aryl methyl sites for hydroxylation is 1. The van der Waals surface area contributed by atoms with Crippen molar-refractivity contribution < 1.29 is 14.3 Å². The summed E-state index contributed by atoms with van der Waals surface area (Å²) in [7, 11) is 0. The normalized spacial score (nSPS) is 12.4. The van der Waals surface area contributed by atoms with Crippen LogP contribution in [0.3, 0.4) is 0 Å². The Bertz CT molecular complexity index is 748. The average Bonchev–Trinajstić information content (AvgIpc) is 2.96. The number of carbonyl (C=O) groups excluding carboxylic acids is 1. The summed E-state index contributed by atoms with van der Waals surface area (Å²) in [5.41, 5.74) is 1.34. The number of carbonyl (C=O) groups is 1. The van der Waals surface area contributed by atoms with Crippen LogP contribution in [0.2, 0.25) is 0 Å². The average molecular weight is 285 g/mol. The first-order valence-electron chi connectivity index (χ1n) is 6.79. The Hall–Kier alpha value is -2.56. The van der Waals surface area contributed by atoms with Crippen molar-refractivity contribution in [1.29, 1.82) is 0 Å². The number of Topliss-reactive ketones (excluding diaryl/α,β-unsaturated/α-hetero) is 1. The van der Waals surface area contributed by atoms with Crippen LogP contribution in [0.4, 0.5) is 0 Å². The smallest absolute Gasteiger partial charge is 0.250 e. The van der Waals surface area contributed by atoms with Gasteiger partial charge >= 0.3 is 0 Å². The molecular weight excluding hydrogens is 270 g/mol. The highest BCUT2D eigenvalue weighted by molar-refractivity contribution is 5.98. The minimum absolute atomic E-state index is 0.0189. The molecule has 0 spiro atoms. The van der Waals surface area contributed by atoms with Gasteiger partial charge in [-0.15, -0.1) is 0 Å². The SMILES string of the molecule is CCn1cc(CC(=O)c2ccc3c(c2)OCO3)ccc1=O. The van der Waals surface area contributed by atoms with Crippen molar-refractivity contribution in [2.45, 2.75) is 19.9 Å². The largest absolute Gasteiger partial charge is 0.454 e. The van der Waals surface area contributed by atoms with Crippen LogP contribution in [0.1, 0.15) is 22.8 Å². The lowest BCUT2D eigenvalue weighted by molar-refractivity contribution is 0.0992. The van der Waals surface area contributed by atoms with Crippen LogP contribution in [0.15, 0.2) is 41.3 Å². The van der Waals surface area contributed by atoms with E-state index in [2.05, 4.69) is 0 Å². The maximum Gasteiger partial charge on any atom is 0.250 e. The molecule has 1 aromatic heterocycles. The third-order valence-corrected chi connectivity index (χ3v) is 3.44. The van der Waals surface area contributed by atoms with Crippen molar-refractivity contribution in [1.82, 2.24) is 4.57 Å². The highest BCUT2D eigenvalue weighted by Crippen LogP contribution is 2.32. The summed E-state index contributed by atoms with van der Waals surface area (Å²) in [5.74, 6) is 1.24. The van der Waals surface area contributed by atoms with Crippen molar-refractivity contribution in [3.05, 3.63) is 58.0 Å². The monoisotopic (exact) mass is 285 g/mol. The lowest BCUT2D eigenvalue weighted by atomic mass is 10.0. The molecule has 0 atom stereocenters. The van der Waals surface area contributed by atoms with E-state index in [1.165, 1.54) is 6.07 Å². The van der Waals surface area contributed by atoms with Crippen LogP contribution in [0.5, 0.6) is 11.5 Å². The Kier molecular flexibility index (Phi) is 3.48. The first-order chi connectivity index (χ1) is 10.2. The van der Waals surface area contributed by atoms with Gasteiger partial charge in [0.25, 0.3) is 5.56 Å². The third kappa shape index (κ3) is 2.67. The van der Waals surface area contributed by atoms with Crippen molar-refractivity contribution in [3.8, 4) is 11.5 Å². The van der Waals surface area contributed by atoms with Crippen LogP contribution in [-0.2, 0) is 13.0 Å². The van der Waals surface area contributed by atoms with E-state index < -0.39 is 0 Å². The van der Waals surface area contributed by atoms with Gasteiger partial charge in [-0.2, -0.15) is 0 Å². The summed E-state index contributed by atoms with van der Waals surface area (Å²) >= 11 is 0. The molecule has 0 saturated carbocycles. The molecule has 108 valence electrons. The molecule has 21 heavy (non-hydrogen) atoms. The molecular formula is C16H15NO4.